The highest BCUT2D eigenvalue weighted by molar-refractivity contribution is 5.76. The van der Waals surface area contributed by atoms with Gasteiger partial charge in [0.15, 0.2) is 0 Å². The minimum atomic E-state index is 0.262. The third-order valence-corrected chi connectivity index (χ3v) is 2.29. The van der Waals surface area contributed by atoms with E-state index in [1.54, 1.807) is 7.11 Å². The summed E-state index contributed by atoms with van der Waals surface area (Å²) in [4.78, 5) is 13.5. The lowest BCUT2D eigenvalue weighted by Gasteiger charge is -2.20. The summed E-state index contributed by atoms with van der Waals surface area (Å²) in [5, 5.41) is 0. The van der Waals surface area contributed by atoms with Crippen LogP contribution in [-0.2, 0) is 9.53 Å². The van der Waals surface area contributed by atoms with Crippen LogP contribution in [-0.4, -0.2) is 37.6 Å². The first-order valence-electron chi connectivity index (χ1n) is 5.52. The molecule has 0 aromatic heterocycles. The maximum Gasteiger partial charge on any atom is 0.222 e. The molecule has 14 heavy (non-hydrogen) atoms. The summed E-state index contributed by atoms with van der Waals surface area (Å²) in [5.41, 5.74) is 0. The zero-order valence-electron chi connectivity index (χ0n) is 9.71. The van der Waals surface area contributed by atoms with Crippen molar-refractivity contribution in [1.82, 2.24) is 4.90 Å². The zero-order chi connectivity index (χ0) is 10.8. The smallest absolute Gasteiger partial charge is 0.222 e. The van der Waals surface area contributed by atoms with E-state index in [1.165, 1.54) is 0 Å². The number of rotatable bonds is 8. The zero-order valence-corrected chi connectivity index (χ0v) is 9.71. The minimum Gasteiger partial charge on any atom is -0.383 e. The number of unbranched alkanes of at least 4 members (excludes halogenated alkanes) is 2. The van der Waals surface area contributed by atoms with Crippen LogP contribution < -0.4 is 0 Å². The van der Waals surface area contributed by atoms with E-state index in [9.17, 15) is 4.79 Å². The van der Waals surface area contributed by atoms with E-state index in [1.807, 2.05) is 11.8 Å². The van der Waals surface area contributed by atoms with Gasteiger partial charge in [-0.2, -0.15) is 0 Å². The Bertz CT molecular complexity index is 148. The number of carbonyl (C=O) groups is 1. The van der Waals surface area contributed by atoms with Crippen molar-refractivity contribution in [2.45, 2.75) is 39.5 Å². The summed E-state index contributed by atoms with van der Waals surface area (Å²) in [6, 6.07) is 0. The number of hydrogen-bond acceptors (Lipinski definition) is 2. The first-order chi connectivity index (χ1) is 6.76. The number of methoxy groups -OCH3 is 1. The SMILES string of the molecule is CCCCCC(=O)N(CC)CCOC. The Kier molecular flexibility index (Phi) is 8.64. The van der Waals surface area contributed by atoms with Crippen molar-refractivity contribution in [2.24, 2.45) is 0 Å². The highest BCUT2D eigenvalue weighted by Gasteiger charge is 2.09. The summed E-state index contributed by atoms with van der Waals surface area (Å²) >= 11 is 0. The Morgan fingerprint density at radius 1 is 1.29 bits per heavy atom. The lowest BCUT2D eigenvalue weighted by molar-refractivity contribution is -0.131. The first kappa shape index (κ1) is 13.4. The predicted octanol–water partition coefficient (Wildman–Crippen LogP) is 2.06. The van der Waals surface area contributed by atoms with Gasteiger partial charge in [-0.1, -0.05) is 19.8 Å². The fraction of sp³-hybridized carbons (Fsp3) is 0.909. The van der Waals surface area contributed by atoms with Crippen LogP contribution in [0.1, 0.15) is 39.5 Å². The summed E-state index contributed by atoms with van der Waals surface area (Å²) in [6.07, 6.45) is 4.01. The molecule has 0 aliphatic carbocycles. The van der Waals surface area contributed by atoms with Crippen LogP contribution >= 0.6 is 0 Å². The van der Waals surface area contributed by atoms with Crippen LogP contribution in [0.25, 0.3) is 0 Å². The summed E-state index contributed by atoms with van der Waals surface area (Å²) in [5.74, 6) is 0.262. The molecular weight excluding hydrogens is 178 g/mol. The van der Waals surface area contributed by atoms with Crippen molar-refractivity contribution in [3.05, 3.63) is 0 Å². The molecule has 0 aromatic rings. The first-order valence-corrected chi connectivity index (χ1v) is 5.52. The number of carbonyl (C=O) groups excluding carboxylic acids is 1. The summed E-state index contributed by atoms with van der Waals surface area (Å²) < 4.78 is 4.96. The van der Waals surface area contributed by atoms with Crippen molar-refractivity contribution in [3.8, 4) is 0 Å². The Labute approximate surface area is 87.4 Å². The summed E-state index contributed by atoms with van der Waals surface area (Å²) in [7, 11) is 1.66. The van der Waals surface area contributed by atoms with Crippen LogP contribution in [0.15, 0.2) is 0 Å². The molecule has 0 spiro atoms. The Morgan fingerprint density at radius 3 is 2.50 bits per heavy atom. The molecule has 0 rings (SSSR count). The van der Waals surface area contributed by atoms with Gasteiger partial charge < -0.3 is 9.64 Å². The average molecular weight is 201 g/mol. The molecule has 0 fully saturated rings. The predicted molar refractivity (Wildman–Crippen MR) is 58.3 cm³/mol. The highest BCUT2D eigenvalue weighted by atomic mass is 16.5. The number of likely N-dealkylation sites (N-methyl/N-ethyl adjacent to an activating group) is 1. The second kappa shape index (κ2) is 9.00. The normalized spacial score (nSPS) is 10.2. The maximum absolute atomic E-state index is 11.6. The van der Waals surface area contributed by atoms with E-state index in [0.717, 1.165) is 32.4 Å². The number of hydrogen-bond donors (Lipinski definition) is 0. The van der Waals surface area contributed by atoms with Crippen LogP contribution in [0.4, 0.5) is 0 Å². The topological polar surface area (TPSA) is 29.5 Å². The number of nitrogens with zero attached hydrogens (tertiary/aromatic N) is 1. The number of amides is 1. The fourth-order valence-corrected chi connectivity index (χ4v) is 1.34. The van der Waals surface area contributed by atoms with Crippen LogP contribution in [0.5, 0.6) is 0 Å². The lowest BCUT2D eigenvalue weighted by Crippen LogP contribution is -2.33. The molecular formula is C11H23NO2. The quantitative estimate of drug-likeness (QED) is 0.563. The van der Waals surface area contributed by atoms with Crippen molar-refractivity contribution in [3.63, 3.8) is 0 Å². The van der Waals surface area contributed by atoms with Gasteiger partial charge in [-0.25, -0.2) is 0 Å². The second-order valence-electron chi connectivity index (χ2n) is 3.42. The molecule has 0 atom stereocenters. The van der Waals surface area contributed by atoms with E-state index >= 15 is 0 Å². The van der Waals surface area contributed by atoms with Gasteiger partial charge >= 0.3 is 0 Å². The highest BCUT2D eigenvalue weighted by Crippen LogP contribution is 2.02. The average Bonchev–Trinajstić information content (AvgIpc) is 2.19. The Balaban J connectivity index is 3.67. The molecule has 0 aromatic carbocycles. The van der Waals surface area contributed by atoms with Crippen molar-refractivity contribution < 1.29 is 9.53 Å². The monoisotopic (exact) mass is 201 g/mol. The van der Waals surface area contributed by atoms with Gasteiger partial charge in [-0.15, -0.1) is 0 Å². The van der Waals surface area contributed by atoms with E-state index in [4.69, 9.17) is 4.74 Å². The molecule has 0 N–H and O–H groups in total. The molecule has 0 aliphatic heterocycles. The van der Waals surface area contributed by atoms with E-state index < -0.39 is 0 Å². The second-order valence-corrected chi connectivity index (χ2v) is 3.42. The van der Waals surface area contributed by atoms with E-state index in [0.29, 0.717) is 13.0 Å². The molecule has 1 amide bonds. The van der Waals surface area contributed by atoms with Crippen molar-refractivity contribution in [1.29, 1.82) is 0 Å². The third-order valence-electron chi connectivity index (χ3n) is 2.29. The van der Waals surface area contributed by atoms with Gasteiger partial charge in [0, 0.05) is 26.6 Å². The molecule has 0 saturated heterocycles. The molecule has 3 nitrogen and oxygen atoms in total. The fourth-order valence-electron chi connectivity index (χ4n) is 1.34. The Morgan fingerprint density at radius 2 is 2.00 bits per heavy atom. The maximum atomic E-state index is 11.6. The summed E-state index contributed by atoms with van der Waals surface area (Å²) in [6.45, 7) is 6.29. The molecule has 0 bridgehead atoms. The molecule has 84 valence electrons. The molecule has 0 aliphatic rings. The molecule has 3 heteroatoms. The van der Waals surface area contributed by atoms with E-state index in [2.05, 4.69) is 6.92 Å². The van der Waals surface area contributed by atoms with Crippen LogP contribution in [0, 0.1) is 0 Å². The number of ether oxygens (including phenoxy) is 1. The molecule has 0 unspecified atom stereocenters. The van der Waals surface area contributed by atoms with Gasteiger partial charge in [0.2, 0.25) is 5.91 Å². The molecule has 0 radical (unpaired) electrons. The van der Waals surface area contributed by atoms with Gasteiger partial charge in [0.05, 0.1) is 6.61 Å². The van der Waals surface area contributed by atoms with Gasteiger partial charge in [-0.3, -0.25) is 4.79 Å². The van der Waals surface area contributed by atoms with Gasteiger partial charge in [0.25, 0.3) is 0 Å². The van der Waals surface area contributed by atoms with Crippen LogP contribution in [0.2, 0.25) is 0 Å². The minimum absolute atomic E-state index is 0.262. The van der Waals surface area contributed by atoms with E-state index in [-0.39, 0.29) is 5.91 Å². The van der Waals surface area contributed by atoms with Gasteiger partial charge in [0.1, 0.15) is 0 Å². The standard InChI is InChI=1S/C11H23NO2/c1-4-6-7-8-11(13)12(5-2)9-10-14-3/h4-10H2,1-3H3. The third kappa shape index (κ3) is 5.97. The molecule has 0 saturated carbocycles. The van der Waals surface area contributed by atoms with Crippen LogP contribution in [0.3, 0.4) is 0 Å². The Hall–Kier alpha value is -0.570. The van der Waals surface area contributed by atoms with Gasteiger partial charge in [-0.05, 0) is 13.3 Å². The molecule has 0 heterocycles. The van der Waals surface area contributed by atoms with Crippen molar-refractivity contribution >= 4 is 5.91 Å². The van der Waals surface area contributed by atoms with Crippen molar-refractivity contribution in [2.75, 3.05) is 26.8 Å². The largest absolute Gasteiger partial charge is 0.383 e. The lowest BCUT2D eigenvalue weighted by atomic mass is 10.2.